The molecule has 0 bridgehead atoms. The fraction of sp³-hybridized carbons (Fsp3) is 0.462. The molecule has 1 N–H and O–H groups in total. The van der Waals surface area contributed by atoms with E-state index in [0.29, 0.717) is 17.8 Å². The van der Waals surface area contributed by atoms with Crippen LogP contribution in [0.3, 0.4) is 0 Å². The van der Waals surface area contributed by atoms with Crippen molar-refractivity contribution in [2.75, 3.05) is 6.54 Å². The number of likely N-dealkylation sites (N-methyl/N-ethyl adjacent to an activating group) is 1. The number of nitrogens with one attached hydrogen (secondary N) is 1. The minimum Gasteiger partial charge on any atom is -0.339 e. The van der Waals surface area contributed by atoms with Gasteiger partial charge in [0.15, 0.2) is 0 Å². The number of hydrogen-bond acceptors (Lipinski definition) is 5. The van der Waals surface area contributed by atoms with Gasteiger partial charge in [0.05, 0.1) is 5.92 Å². The van der Waals surface area contributed by atoms with Gasteiger partial charge in [-0.3, -0.25) is 4.98 Å². The molecule has 2 aromatic rings. The molecule has 2 unspecified atom stereocenters. The van der Waals surface area contributed by atoms with Crippen LogP contribution >= 0.6 is 15.9 Å². The maximum atomic E-state index is 5.34. The SMILES string of the molecule is CCNC(C)C(C)c1nc(-c2cncc(Br)c2)no1. The van der Waals surface area contributed by atoms with Gasteiger partial charge in [-0.15, -0.1) is 0 Å². The molecule has 2 rings (SSSR count). The van der Waals surface area contributed by atoms with Crippen LogP contribution < -0.4 is 5.32 Å². The van der Waals surface area contributed by atoms with Crippen LogP contribution in [0.2, 0.25) is 0 Å². The Morgan fingerprint density at radius 3 is 2.84 bits per heavy atom. The summed E-state index contributed by atoms with van der Waals surface area (Å²) in [5, 5.41) is 7.37. The van der Waals surface area contributed by atoms with Gasteiger partial charge in [-0.2, -0.15) is 4.98 Å². The predicted octanol–water partition coefficient (Wildman–Crippen LogP) is 3.00. The Labute approximate surface area is 121 Å². The average Bonchev–Trinajstić information content (AvgIpc) is 2.87. The van der Waals surface area contributed by atoms with Gasteiger partial charge in [0, 0.05) is 28.5 Å². The first kappa shape index (κ1) is 14.1. The molecule has 2 aromatic heterocycles. The number of rotatable bonds is 5. The maximum Gasteiger partial charge on any atom is 0.231 e. The standard InChI is InChI=1S/C13H17BrN4O/c1-4-16-9(3)8(2)13-17-12(18-19-13)10-5-11(14)7-15-6-10/h5-9,16H,4H2,1-3H3. The van der Waals surface area contributed by atoms with Crippen LogP contribution in [0, 0.1) is 0 Å². The van der Waals surface area contributed by atoms with Crippen molar-refractivity contribution in [2.24, 2.45) is 0 Å². The molecule has 19 heavy (non-hydrogen) atoms. The van der Waals surface area contributed by atoms with Crippen molar-refractivity contribution >= 4 is 15.9 Å². The lowest BCUT2D eigenvalue weighted by Crippen LogP contribution is -2.30. The van der Waals surface area contributed by atoms with Crippen LogP contribution in [0.4, 0.5) is 0 Å². The smallest absolute Gasteiger partial charge is 0.231 e. The van der Waals surface area contributed by atoms with Crippen molar-refractivity contribution in [3.05, 3.63) is 28.8 Å². The molecule has 0 fully saturated rings. The van der Waals surface area contributed by atoms with Gasteiger partial charge in [-0.05, 0) is 35.5 Å². The van der Waals surface area contributed by atoms with E-state index in [-0.39, 0.29) is 5.92 Å². The highest BCUT2D eigenvalue weighted by Crippen LogP contribution is 2.23. The van der Waals surface area contributed by atoms with Crippen LogP contribution in [0.1, 0.15) is 32.6 Å². The average molecular weight is 325 g/mol. The Hall–Kier alpha value is -1.27. The fourth-order valence-corrected chi connectivity index (χ4v) is 2.15. The van der Waals surface area contributed by atoms with Crippen molar-refractivity contribution in [3.8, 4) is 11.4 Å². The lowest BCUT2D eigenvalue weighted by atomic mass is 10.0. The largest absolute Gasteiger partial charge is 0.339 e. The first-order chi connectivity index (χ1) is 9.11. The summed E-state index contributed by atoms with van der Waals surface area (Å²) >= 11 is 3.38. The van der Waals surface area contributed by atoms with Crippen molar-refractivity contribution in [2.45, 2.75) is 32.7 Å². The number of nitrogens with zero attached hydrogens (tertiary/aromatic N) is 3. The zero-order valence-electron chi connectivity index (χ0n) is 11.2. The van der Waals surface area contributed by atoms with E-state index in [4.69, 9.17) is 4.52 Å². The number of pyridine rings is 1. The van der Waals surface area contributed by atoms with Gasteiger partial charge in [-0.25, -0.2) is 0 Å². The molecule has 0 aliphatic rings. The Morgan fingerprint density at radius 2 is 2.16 bits per heavy atom. The highest BCUT2D eigenvalue weighted by Gasteiger charge is 2.20. The van der Waals surface area contributed by atoms with E-state index in [0.717, 1.165) is 16.6 Å². The highest BCUT2D eigenvalue weighted by molar-refractivity contribution is 9.10. The Bertz CT molecular complexity index is 543. The van der Waals surface area contributed by atoms with Crippen LogP contribution in [-0.2, 0) is 0 Å². The summed E-state index contributed by atoms with van der Waals surface area (Å²) in [6.45, 7) is 7.18. The zero-order chi connectivity index (χ0) is 13.8. The second kappa shape index (κ2) is 6.25. The minimum absolute atomic E-state index is 0.168. The molecule has 6 heteroatoms. The fourth-order valence-electron chi connectivity index (χ4n) is 1.78. The second-order valence-electron chi connectivity index (χ2n) is 4.48. The van der Waals surface area contributed by atoms with Gasteiger partial charge in [0.25, 0.3) is 0 Å². The van der Waals surface area contributed by atoms with E-state index in [1.807, 2.05) is 6.07 Å². The molecule has 0 aromatic carbocycles. The molecule has 5 nitrogen and oxygen atoms in total. The van der Waals surface area contributed by atoms with E-state index in [9.17, 15) is 0 Å². The van der Waals surface area contributed by atoms with Gasteiger partial charge in [-0.1, -0.05) is 19.0 Å². The number of aromatic nitrogens is 3. The molecule has 102 valence electrons. The van der Waals surface area contributed by atoms with Crippen molar-refractivity contribution < 1.29 is 4.52 Å². The predicted molar refractivity (Wildman–Crippen MR) is 76.8 cm³/mol. The Balaban J connectivity index is 2.19. The third-order valence-corrected chi connectivity index (χ3v) is 3.50. The molecule has 0 saturated carbocycles. The Morgan fingerprint density at radius 1 is 1.37 bits per heavy atom. The minimum atomic E-state index is 0.168. The van der Waals surface area contributed by atoms with Crippen LogP contribution in [-0.4, -0.2) is 27.7 Å². The summed E-state index contributed by atoms with van der Waals surface area (Å²) in [7, 11) is 0. The molecule has 0 radical (unpaired) electrons. The highest BCUT2D eigenvalue weighted by atomic mass is 79.9. The summed E-state index contributed by atoms with van der Waals surface area (Å²) in [6.07, 6.45) is 3.44. The number of halogens is 1. The van der Waals surface area contributed by atoms with E-state index < -0.39 is 0 Å². The second-order valence-corrected chi connectivity index (χ2v) is 5.40. The van der Waals surface area contributed by atoms with Crippen molar-refractivity contribution in [1.82, 2.24) is 20.4 Å². The molecular weight excluding hydrogens is 308 g/mol. The topological polar surface area (TPSA) is 63.8 Å². The molecule has 0 amide bonds. The van der Waals surface area contributed by atoms with Crippen LogP contribution in [0.5, 0.6) is 0 Å². The summed E-state index contributed by atoms with van der Waals surface area (Å²) < 4.78 is 6.24. The molecule has 0 spiro atoms. The number of hydrogen-bond donors (Lipinski definition) is 1. The van der Waals surface area contributed by atoms with E-state index in [1.54, 1.807) is 12.4 Å². The molecule has 0 aliphatic carbocycles. The molecular formula is C13H17BrN4O. The molecule has 2 atom stereocenters. The van der Waals surface area contributed by atoms with Gasteiger partial charge in [0.2, 0.25) is 11.7 Å². The lowest BCUT2D eigenvalue weighted by molar-refractivity contribution is 0.332. The Kier molecular flexibility index (Phi) is 4.66. The summed E-state index contributed by atoms with van der Waals surface area (Å²) in [4.78, 5) is 8.54. The summed E-state index contributed by atoms with van der Waals surface area (Å²) in [5.74, 6) is 1.38. The van der Waals surface area contributed by atoms with Gasteiger partial charge in [0.1, 0.15) is 0 Å². The molecule has 0 saturated heterocycles. The first-order valence-electron chi connectivity index (χ1n) is 6.29. The first-order valence-corrected chi connectivity index (χ1v) is 7.09. The third kappa shape index (κ3) is 3.39. The third-order valence-electron chi connectivity index (χ3n) is 3.07. The van der Waals surface area contributed by atoms with Crippen LogP contribution in [0.25, 0.3) is 11.4 Å². The van der Waals surface area contributed by atoms with Crippen LogP contribution in [0.15, 0.2) is 27.5 Å². The molecule has 2 heterocycles. The monoisotopic (exact) mass is 324 g/mol. The van der Waals surface area contributed by atoms with Crippen molar-refractivity contribution in [1.29, 1.82) is 0 Å². The summed E-state index contributed by atoms with van der Waals surface area (Å²) in [5.41, 5.74) is 0.840. The lowest BCUT2D eigenvalue weighted by Gasteiger charge is -2.16. The van der Waals surface area contributed by atoms with Crippen molar-refractivity contribution in [3.63, 3.8) is 0 Å². The normalized spacial score (nSPS) is 14.3. The van der Waals surface area contributed by atoms with Gasteiger partial charge >= 0.3 is 0 Å². The maximum absolute atomic E-state index is 5.34. The summed E-state index contributed by atoms with van der Waals surface area (Å²) in [6, 6.07) is 2.21. The van der Waals surface area contributed by atoms with Gasteiger partial charge < -0.3 is 9.84 Å². The zero-order valence-corrected chi connectivity index (χ0v) is 12.8. The quantitative estimate of drug-likeness (QED) is 0.915. The molecule has 0 aliphatic heterocycles. The van der Waals surface area contributed by atoms with E-state index >= 15 is 0 Å². The van der Waals surface area contributed by atoms with E-state index in [2.05, 4.69) is 57.1 Å². The van der Waals surface area contributed by atoms with E-state index in [1.165, 1.54) is 0 Å².